The molecule has 4 rings (SSSR count). The molecule has 32 heavy (non-hydrogen) atoms. The highest BCUT2D eigenvalue weighted by Crippen LogP contribution is 2.44. The second-order valence-electron chi connectivity index (χ2n) is 6.54. The molecule has 2 aromatic rings. The van der Waals surface area contributed by atoms with E-state index in [1.165, 1.54) is 22.8 Å². The molecule has 4 heterocycles. The number of tetrazole rings is 2. The summed E-state index contributed by atoms with van der Waals surface area (Å²) >= 11 is 2.16. The van der Waals surface area contributed by atoms with Gasteiger partial charge in [-0.25, -0.2) is 9.48 Å². The summed E-state index contributed by atoms with van der Waals surface area (Å²) in [7, 11) is 0. The van der Waals surface area contributed by atoms with Gasteiger partial charge in [-0.05, 0) is 21.2 Å². The zero-order chi connectivity index (χ0) is 22.8. The van der Waals surface area contributed by atoms with Crippen LogP contribution in [0.5, 0.6) is 0 Å². The molecule has 2 unspecified atom stereocenters. The lowest BCUT2D eigenvalue weighted by atomic mass is 10.0. The van der Waals surface area contributed by atoms with Crippen LogP contribution in [-0.4, -0.2) is 102 Å². The number of H-pyrrole nitrogens is 1. The molecule has 1 saturated heterocycles. The molecule has 2 amide bonds. The smallest absolute Gasteiger partial charge is 0.352 e. The van der Waals surface area contributed by atoms with Gasteiger partial charge in [-0.2, -0.15) is 5.21 Å². The first-order valence-electron chi connectivity index (χ1n) is 8.88. The zero-order valence-corrected chi connectivity index (χ0v) is 17.5. The molecular weight excluding hydrogens is 468 g/mol. The number of hydrogen-bond acceptors (Lipinski definition) is 12. The van der Waals surface area contributed by atoms with Crippen LogP contribution in [0, 0.1) is 0 Å². The van der Waals surface area contributed by atoms with Gasteiger partial charge in [0, 0.05) is 11.0 Å². The van der Waals surface area contributed by atoms with Crippen LogP contribution in [0.2, 0.25) is 0 Å². The van der Waals surface area contributed by atoms with Crippen molar-refractivity contribution in [3.8, 4) is 0 Å². The number of rotatable bonds is 9. The van der Waals surface area contributed by atoms with Crippen molar-refractivity contribution in [1.82, 2.24) is 51.0 Å². The van der Waals surface area contributed by atoms with Gasteiger partial charge in [-0.1, -0.05) is 11.8 Å². The van der Waals surface area contributed by atoms with Crippen LogP contribution in [0.25, 0.3) is 0 Å². The molecule has 3 atom stereocenters. The van der Waals surface area contributed by atoms with E-state index in [2.05, 4.69) is 41.5 Å². The summed E-state index contributed by atoms with van der Waals surface area (Å²) in [6.07, 6.45) is 0.829. The number of nitrogens with one attached hydrogen (secondary N) is 2. The van der Waals surface area contributed by atoms with Gasteiger partial charge in [0.25, 0.3) is 5.91 Å². The number of hydrogen-bond donors (Lipinski definition) is 4. The summed E-state index contributed by atoms with van der Waals surface area (Å²) in [6, 6.07) is -0.928. The molecule has 2 aliphatic rings. The number of carboxylic acids is 2. The van der Waals surface area contributed by atoms with E-state index < -0.39 is 46.8 Å². The van der Waals surface area contributed by atoms with Gasteiger partial charge >= 0.3 is 11.9 Å². The van der Waals surface area contributed by atoms with Crippen LogP contribution in [0.4, 0.5) is 0 Å². The summed E-state index contributed by atoms with van der Waals surface area (Å²) in [5.74, 6) is -3.52. The second kappa shape index (κ2) is 8.91. The van der Waals surface area contributed by atoms with Gasteiger partial charge in [0.1, 0.15) is 30.0 Å². The third-order valence-electron chi connectivity index (χ3n) is 4.54. The molecule has 1 fully saturated rings. The minimum absolute atomic E-state index is 0.137. The van der Waals surface area contributed by atoms with Crippen LogP contribution in [0.15, 0.2) is 22.8 Å². The Morgan fingerprint density at radius 3 is 2.81 bits per heavy atom. The SMILES string of the molecule is O=C(O)CC(Sc1nn[nH]n1)C1=C(C(=O)O)N2C(=O)C(NC(=O)Cn3cnnn3)[C@@H]2SC1. The minimum Gasteiger partial charge on any atom is -0.481 e. The lowest BCUT2D eigenvalue weighted by molar-refractivity contribution is -0.150. The lowest BCUT2D eigenvalue weighted by Crippen LogP contribution is -2.71. The fourth-order valence-corrected chi connectivity index (χ4v) is 5.76. The fourth-order valence-electron chi connectivity index (χ4n) is 3.23. The maximum atomic E-state index is 12.7. The highest BCUT2D eigenvalue weighted by Gasteiger charge is 2.55. The van der Waals surface area contributed by atoms with Gasteiger partial charge in [-0.3, -0.25) is 19.3 Å². The number of β-lactam (4-membered cyclic amide) rings is 1. The number of carbonyl (C=O) groups is 4. The summed E-state index contributed by atoms with van der Waals surface area (Å²) in [5, 5.41) is 43.9. The zero-order valence-electron chi connectivity index (χ0n) is 15.9. The Hall–Kier alpha value is -3.54. The van der Waals surface area contributed by atoms with Crippen LogP contribution in [0.1, 0.15) is 6.42 Å². The Labute approximate surface area is 186 Å². The Balaban J connectivity index is 1.54. The van der Waals surface area contributed by atoms with Crippen molar-refractivity contribution in [2.24, 2.45) is 0 Å². The van der Waals surface area contributed by atoms with Crippen molar-refractivity contribution in [2.75, 3.05) is 5.75 Å². The Morgan fingerprint density at radius 2 is 2.19 bits per heavy atom. The number of amides is 2. The van der Waals surface area contributed by atoms with E-state index >= 15 is 0 Å². The van der Waals surface area contributed by atoms with E-state index in [0.717, 1.165) is 16.7 Å². The van der Waals surface area contributed by atoms with Gasteiger partial charge in [0.2, 0.25) is 11.1 Å². The first-order valence-corrected chi connectivity index (χ1v) is 10.8. The van der Waals surface area contributed by atoms with Crippen molar-refractivity contribution in [3.63, 3.8) is 0 Å². The van der Waals surface area contributed by atoms with Gasteiger partial charge in [0.15, 0.2) is 0 Å². The number of carbonyl (C=O) groups excluding carboxylic acids is 2. The second-order valence-corrected chi connectivity index (χ2v) is 8.82. The molecule has 4 N–H and O–H groups in total. The van der Waals surface area contributed by atoms with Crippen molar-refractivity contribution in [1.29, 1.82) is 0 Å². The Morgan fingerprint density at radius 1 is 1.38 bits per heavy atom. The van der Waals surface area contributed by atoms with Crippen LogP contribution in [-0.2, 0) is 25.7 Å². The van der Waals surface area contributed by atoms with Crippen molar-refractivity contribution in [3.05, 3.63) is 17.6 Å². The molecule has 2 aromatic heterocycles. The predicted octanol–water partition coefficient (Wildman–Crippen LogP) is -2.44. The number of aliphatic carboxylic acids is 2. The molecule has 0 radical (unpaired) electrons. The average Bonchev–Trinajstić information content (AvgIpc) is 3.44. The summed E-state index contributed by atoms with van der Waals surface area (Å²) in [6.45, 7) is -0.205. The van der Waals surface area contributed by atoms with Gasteiger partial charge in [-0.15, -0.1) is 27.1 Å². The lowest BCUT2D eigenvalue weighted by Gasteiger charge is -2.50. The van der Waals surface area contributed by atoms with Crippen molar-refractivity contribution >= 4 is 47.3 Å². The molecule has 168 valence electrons. The van der Waals surface area contributed by atoms with E-state index in [0.29, 0.717) is 0 Å². The number of nitrogens with zero attached hydrogens (tertiary/aromatic N) is 8. The monoisotopic (exact) mass is 482 g/mol. The van der Waals surface area contributed by atoms with Crippen LogP contribution < -0.4 is 5.32 Å². The number of aromatic amines is 1. The first-order chi connectivity index (χ1) is 15.3. The molecule has 0 spiro atoms. The van der Waals surface area contributed by atoms with Crippen molar-refractivity contribution < 1.29 is 29.4 Å². The number of aromatic nitrogens is 8. The third kappa shape index (κ3) is 4.26. The molecule has 0 aliphatic carbocycles. The molecule has 0 saturated carbocycles. The third-order valence-corrected chi connectivity index (χ3v) is 6.96. The molecule has 18 heteroatoms. The van der Waals surface area contributed by atoms with Gasteiger partial charge < -0.3 is 15.5 Å². The summed E-state index contributed by atoms with van der Waals surface area (Å²) in [5.41, 5.74) is -0.0465. The molecular formula is C14H14N10O6S2. The standard InChI is InChI=1S/C14H14N10O6S2/c25-7(2-23-4-15-19-22-23)16-9-11(28)24-10(13(29)30)5(3-31-12(9)24)6(1-8(26)27)32-14-17-20-21-18-14/h4,6,9,12H,1-3H2,(H,16,25)(H,26,27)(H,29,30)(H,17,18,20,21)/t6?,9?,12-/m0/s1. The Bertz CT molecular complexity index is 1070. The number of carboxylic acid groups (broad SMARTS) is 2. The predicted molar refractivity (Wildman–Crippen MR) is 104 cm³/mol. The Kier molecular flexibility index (Phi) is 6.04. The molecule has 16 nitrogen and oxygen atoms in total. The highest BCUT2D eigenvalue weighted by atomic mass is 32.2. The van der Waals surface area contributed by atoms with E-state index in [1.54, 1.807) is 0 Å². The largest absolute Gasteiger partial charge is 0.481 e. The number of thioether (sulfide) groups is 2. The maximum Gasteiger partial charge on any atom is 0.352 e. The summed E-state index contributed by atoms with van der Waals surface area (Å²) in [4.78, 5) is 49.4. The summed E-state index contributed by atoms with van der Waals surface area (Å²) < 4.78 is 1.18. The minimum atomic E-state index is -1.37. The van der Waals surface area contributed by atoms with Crippen LogP contribution >= 0.6 is 23.5 Å². The maximum absolute atomic E-state index is 12.7. The van der Waals surface area contributed by atoms with E-state index in [9.17, 15) is 29.4 Å². The van der Waals surface area contributed by atoms with Gasteiger partial charge in [0.05, 0.1) is 6.42 Å². The van der Waals surface area contributed by atoms with E-state index in [4.69, 9.17) is 0 Å². The normalized spacial score (nSPS) is 21.0. The van der Waals surface area contributed by atoms with E-state index in [1.807, 2.05) is 0 Å². The fraction of sp³-hybridized carbons (Fsp3) is 0.429. The molecule has 2 aliphatic heterocycles. The van der Waals surface area contributed by atoms with Crippen LogP contribution in [0.3, 0.4) is 0 Å². The van der Waals surface area contributed by atoms with E-state index in [-0.39, 0.29) is 28.7 Å². The van der Waals surface area contributed by atoms with Crippen molar-refractivity contribution in [2.45, 2.75) is 34.8 Å². The highest BCUT2D eigenvalue weighted by molar-refractivity contribution is 8.01. The molecule has 0 aromatic carbocycles. The number of fused-ring (bicyclic) bond motifs is 1. The first kappa shape index (κ1) is 21.7. The molecule has 0 bridgehead atoms. The topological polar surface area (TPSA) is 222 Å². The average molecular weight is 482 g/mol. The quantitative estimate of drug-likeness (QED) is 0.215.